The molecule has 0 bridgehead atoms. The van der Waals surface area contributed by atoms with E-state index in [0.717, 1.165) is 0 Å². The van der Waals surface area contributed by atoms with Crippen LogP contribution in [0.4, 0.5) is 0 Å². The molecule has 0 amide bonds. The number of hydrogen-bond acceptors (Lipinski definition) is 5. The molecular formula is C13H15NO3S. The lowest BCUT2D eigenvalue weighted by molar-refractivity contribution is 0.363. The third-order valence-corrected chi connectivity index (χ3v) is 3.84. The molecule has 1 atom stereocenters. The summed E-state index contributed by atoms with van der Waals surface area (Å²) >= 11 is 1.66. The molecule has 1 aromatic carbocycles. The zero-order valence-electron chi connectivity index (χ0n) is 9.92. The van der Waals surface area contributed by atoms with Crippen molar-refractivity contribution in [1.29, 1.82) is 0 Å². The first kappa shape index (κ1) is 12.7. The Bertz CT molecular complexity index is 525. The van der Waals surface area contributed by atoms with Crippen LogP contribution in [0.1, 0.15) is 23.4 Å². The molecule has 96 valence electrons. The van der Waals surface area contributed by atoms with Gasteiger partial charge in [-0.05, 0) is 24.4 Å². The van der Waals surface area contributed by atoms with Gasteiger partial charge in [-0.2, -0.15) is 0 Å². The minimum Gasteiger partial charge on any atom is -0.504 e. The molecule has 1 heterocycles. The van der Waals surface area contributed by atoms with Crippen LogP contribution in [-0.4, -0.2) is 15.3 Å². The van der Waals surface area contributed by atoms with Crippen molar-refractivity contribution in [2.24, 2.45) is 0 Å². The van der Waals surface area contributed by atoms with Gasteiger partial charge < -0.3 is 20.6 Å². The fourth-order valence-electron chi connectivity index (χ4n) is 1.65. The smallest absolute Gasteiger partial charge is 0.200 e. The van der Waals surface area contributed by atoms with Crippen molar-refractivity contribution in [2.75, 3.05) is 0 Å². The molecule has 4 N–H and O–H groups in total. The van der Waals surface area contributed by atoms with E-state index in [9.17, 15) is 15.3 Å². The molecule has 0 aliphatic carbocycles. The summed E-state index contributed by atoms with van der Waals surface area (Å²) < 4.78 is 0. The maximum absolute atomic E-state index is 9.67. The van der Waals surface area contributed by atoms with E-state index < -0.39 is 5.75 Å². The molecule has 1 aromatic heterocycles. The van der Waals surface area contributed by atoms with Crippen molar-refractivity contribution in [3.63, 3.8) is 0 Å². The van der Waals surface area contributed by atoms with Crippen molar-refractivity contribution in [3.8, 4) is 17.2 Å². The molecule has 4 nitrogen and oxygen atoms in total. The second-order valence-electron chi connectivity index (χ2n) is 4.06. The highest BCUT2D eigenvalue weighted by molar-refractivity contribution is 7.10. The predicted octanol–water partition coefficient (Wildman–Crippen LogP) is 2.72. The SMILES string of the molecule is CC(NCc1ccc(O)c(O)c1O)c1cccs1. The van der Waals surface area contributed by atoms with Crippen molar-refractivity contribution in [3.05, 3.63) is 40.1 Å². The van der Waals surface area contributed by atoms with E-state index in [1.807, 2.05) is 24.4 Å². The summed E-state index contributed by atoms with van der Waals surface area (Å²) in [7, 11) is 0. The monoisotopic (exact) mass is 265 g/mol. The molecule has 0 aliphatic heterocycles. The predicted molar refractivity (Wildman–Crippen MR) is 71.0 cm³/mol. The Labute approximate surface area is 109 Å². The van der Waals surface area contributed by atoms with Crippen LogP contribution in [0.5, 0.6) is 17.2 Å². The van der Waals surface area contributed by atoms with Crippen LogP contribution in [-0.2, 0) is 6.54 Å². The Kier molecular flexibility index (Phi) is 3.74. The Morgan fingerprint density at radius 2 is 1.94 bits per heavy atom. The van der Waals surface area contributed by atoms with E-state index in [2.05, 4.69) is 5.32 Å². The van der Waals surface area contributed by atoms with Gasteiger partial charge in [0, 0.05) is 23.0 Å². The standard InChI is InChI=1S/C13H15NO3S/c1-8(11-3-2-6-18-11)14-7-9-4-5-10(15)13(17)12(9)16/h2-6,8,14-17H,7H2,1H3. The Balaban J connectivity index is 2.05. The van der Waals surface area contributed by atoms with Gasteiger partial charge in [-0.1, -0.05) is 12.1 Å². The highest BCUT2D eigenvalue weighted by Gasteiger charge is 2.12. The number of thiophene rings is 1. The lowest BCUT2D eigenvalue weighted by atomic mass is 10.1. The van der Waals surface area contributed by atoms with Gasteiger partial charge in [0.25, 0.3) is 0 Å². The van der Waals surface area contributed by atoms with E-state index in [4.69, 9.17) is 0 Å². The van der Waals surface area contributed by atoms with Gasteiger partial charge in [0.05, 0.1) is 0 Å². The largest absolute Gasteiger partial charge is 0.504 e. The zero-order chi connectivity index (χ0) is 13.1. The van der Waals surface area contributed by atoms with Gasteiger partial charge in [0.2, 0.25) is 5.75 Å². The average Bonchev–Trinajstić information content (AvgIpc) is 2.89. The van der Waals surface area contributed by atoms with Crippen LogP contribution in [0.2, 0.25) is 0 Å². The molecule has 1 unspecified atom stereocenters. The van der Waals surface area contributed by atoms with Crippen molar-refractivity contribution < 1.29 is 15.3 Å². The van der Waals surface area contributed by atoms with Crippen LogP contribution in [0.25, 0.3) is 0 Å². The fraction of sp³-hybridized carbons (Fsp3) is 0.231. The van der Waals surface area contributed by atoms with Crippen molar-refractivity contribution in [1.82, 2.24) is 5.32 Å². The third kappa shape index (κ3) is 2.57. The van der Waals surface area contributed by atoms with E-state index in [1.54, 1.807) is 17.4 Å². The first-order chi connectivity index (χ1) is 8.59. The number of nitrogens with one attached hydrogen (secondary N) is 1. The van der Waals surface area contributed by atoms with E-state index in [1.165, 1.54) is 10.9 Å². The van der Waals surface area contributed by atoms with Crippen molar-refractivity contribution >= 4 is 11.3 Å². The number of rotatable bonds is 4. The molecule has 0 aliphatic rings. The molecule has 0 radical (unpaired) electrons. The second kappa shape index (κ2) is 5.29. The number of phenolic OH excluding ortho intramolecular Hbond substituents is 3. The Hall–Kier alpha value is -1.72. The lowest BCUT2D eigenvalue weighted by Crippen LogP contribution is -2.17. The molecule has 0 spiro atoms. The Morgan fingerprint density at radius 3 is 2.61 bits per heavy atom. The van der Waals surface area contributed by atoms with Gasteiger partial charge in [0.1, 0.15) is 0 Å². The highest BCUT2D eigenvalue weighted by atomic mass is 32.1. The number of aromatic hydroxyl groups is 3. The van der Waals surface area contributed by atoms with Gasteiger partial charge >= 0.3 is 0 Å². The van der Waals surface area contributed by atoms with E-state index in [0.29, 0.717) is 12.1 Å². The van der Waals surface area contributed by atoms with Crippen LogP contribution in [0.15, 0.2) is 29.6 Å². The molecule has 0 saturated heterocycles. The van der Waals surface area contributed by atoms with Gasteiger partial charge in [0.15, 0.2) is 11.5 Å². The van der Waals surface area contributed by atoms with E-state index >= 15 is 0 Å². The lowest BCUT2D eigenvalue weighted by Gasteiger charge is -2.13. The van der Waals surface area contributed by atoms with Crippen molar-refractivity contribution in [2.45, 2.75) is 19.5 Å². The number of hydrogen-bond donors (Lipinski definition) is 4. The third-order valence-electron chi connectivity index (χ3n) is 2.78. The van der Waals surface area contributed by atoms with Crippen LogP contribution in [0, 0.1) is 0 Å². The molecule has 18 heavy (non-hydrogen) atoms. The van der Waals surface area contributed by atoms with Gasteiger partial charge in [-0.3, -0.25) is 0 Å². The quantitative estimate of drug-likeness (QED) is 0.641. The topological polar surface area (TPSA) is 72.7 Å². The zero-order valence-corrected chi connectivity index (χ0v) is 10.7. The maximum Gasteiger partial charge on any atom is 0.200 e. The summed E-state index contributed by atoms with van der Waals surface area (Å²) in [5, 5.41) is 33.6. The summed E-state index contributed by atoms with van der Waals surface area (Å²) in [6.45, 7) is 2.45. The average molecular weight is 265 g/mol. The van der Waals surface area contributed by atoms with Crippen LogP contribution >= 0.6 is 11.3 Å². The summed E-state index contributed by atoms with van der Waals surface area (Å²) in [4.78, 5) is 1.21. The molecule has 0 saturated carbocycles. The number of benzene rings is 1. The molecule has 0 fully saturated rings. The Morgan fingerprint density at radius 1 is 1.17 bits per heavy atom. The summed E-state index contributed by atoms with van der Waals surface area (Å²) in [5.41, 5.74) is 0.550. The fourth-order valence-corrected chi connectivity index (χ4v) is 2.41. The highest BCUT2D eigenvalue weighted by Crippen LogP contribution is 2.37. The normalized spacial score (nSPS) is 12.5. The summed E-state index contributed by atoms with van der Waals surface area (Å²) in [6.07, 6.45) is 0. The molecule has 2 aromatic rings. The molecule has 5 heteroatoms. The summed E-state index contributed by atoms with van der Waals surface area (Å²) in [5.74, 6) is -1.07. The maximum atomic E-state index is 9.67. The van der Waals surface area contributed by atoms with Gasteiger partial charge in [-0.25, -0.2) is 0 Å². The molecule has 2 rings (SSSR count). The first-order valence-corrected chi connectivity index (χ1v) is 6.47. The number of phenols is 3. The van der Waals surface area contributed by atoms with Crippen LogP contribution in [0.3, 0.4) is 0 Å². The molecular weight excluding hydrogens is 250 g/mol. The summed E-state index contributed by atoms with van der Waals surface area (Å²) in [6, 6.07) is 7.14. The first-order valence-electron chi connectivity index (χ1n) is 5.59. The second-order valence-corrected chi connectivity index (χ2v) is 5.04. The van der Waals surface area contributed by atoms with Crippen LogP contribution < -0.4 is 5.32 Å². The minimum atomic E-state index is -0.474. The van der Waals surface area contributed by atoms with Gasteiger partial charge in [-0.15, -0.1) is 11.3 Å². The van der Waals surface area contributed by atoms with E-state index in [-0.39, 0.29) is 17.5 Å². The minimum absolute atomic E-state index is 0.167.